The van der Waals surface area contributed by atoms with Crippen molar-refractivity contribution in [3.8, 4) is 0 Å². The van der Waals surface area contributed by atoms with Crippen molar-refractivity contribution >= 4 is 0 Å². The first-order chi connectivity index (χ1) is 8.19. The van der Waals surface area contributed by atoms with Gasteiger partial charge < -0.3 is 10.4 Å². The summed E-state index contributed by atoms with van der Waals surface area (Å²) in [5, 5.41) is 12.2. The summed E-state index contributed by atoms with van der Waals surface area (Å²) in [5.74, 6) is -1.44. The van der Waals surface area contributed by atoms with E-state index in [1.165, 1.54) is 6.07 Å². The Morgan fingerprint density at radius 1 is 1.24 bits per heavy atom. The van der Waals surface area contributed by atoms with E-state index in [0.717, 1.165) is 12.5 Å². The highest BCUT2D eigenvalue weighted by Crippen LogP contribution is 2.17. The van der Waals surface area contributed by atoms with Crippen LogP contribution in [0.2, 0.25) is 0 Å². The fraction of sp³-hybridized carbons (Fsp3) is 0.385. The summed E-state index contributed by atoms with van der Waals surface area (Å²) in [7, 11) is 0. The number of aliphatic hydroxyl groups excluding tert-OH is 1. The highest BCUT2D eigenvalue weighted by molar-refractivity contribution is 5.18. The van der Waals surface area contributed by atoms with Crippen molar-refractivity contribution in [3.63, 3.8) is 0 Å². The summed E-state index contributed by atoms with van der Waals surface area (Å²) in [6.45, 7) is 0.643. The standard InChI is InChI=1S/C13H15F2NO/c14-12-4-2-9(6-13(12)15)7-16-11-3-1-10(5-11)8-17/h1-4,6,10-11,16-17H,5,7-8H2/t10-,11+/m0/s1. The van der Waals surface area contributed by atoms with E-state index in [1.807, 2.05) is 12.2 Å². The Morgan fingerprint density at radius 2 is 2.06 bits per heavy atom. The molecule has 0 aliphatic heterocycles. The van der Waals surface area contributed by atoms with Gasteiger partial charge in [-0.1, -0.05) is 18.2 Å². The SMILES string of the molecule is OC[C@H]1C=C[C@@H](NCc2ccc(F)c(F)c2)C1. The summed E-state index contributed by atoms with van der Waals surface area (Å²) in [5.41, 5.74) is 0.713. The van der Waals surface area contributed by atoms with E-state index in [0.29, 0.717) is 12.1 Å². The quantitative estimate of drug-likeness (QED) is 0.788. The second kappa shape index (κ2) is 5.38. The Kier molecular flexibility index (Phi) is 3.86. The lowest BCUT2D eigenvalue weighted by molar-refractivity contribution is 0.246. The maximum Gasteiger partial charge on any atom is 0.159 e. The van der Waals surface area contributed by atoms with Crippen molar-refractivity contribution in [2.75, 3.05) is 6.61 Å². The van der Waals surface area contributed by atoms with Gasteiger partial charge >= 0.3 is 0 Å². The number of aliphatic hydroxyl groups is 1. The number of halogens is 2. The van der Waals surface area contributed by atoms with Crippen molar-refractivity contribution in [2.24, 2.45) is 5.92 Å². The van der Waals surface area contributed by atoms with Crippen LogP contribution in [0.3, 0.4) is 0 Å². The Bertz CT molecular complexity index is 420. The third-order valence-corrected chi connectivity index (χ3v) is 2.96. The van der Waals surface area contributed by atoms with Crippen molar-refractivity contribution < 1.29 is 13.9 Å². The molecular formula is C13H15F2NO. The molecule has 2 N–H and O–H groups in total. The second-order valence-electron chi connectivity index (χ2n) is 4.30. The zero-order chi connectivity index (χ0) is 12.3. The molecule has 2 rings (SSSR count). The van der Waals surface area contributed by atoms with Crippen LogP contribution in [0.5, 0.6) is 0 Å². The summed E-state index contributed by atoms with van der Waals surface area (Å²) < 4.78 is 25.6. The van der Waals surface area contributed by atoms with Crippen LogP contribution in [-0.2, 0) is 6.54 Å². The van der Waals surface area contributed by atoms with Gasteiger partial charge in [-0.25, -0.2) is 8.78 Å². The molecular weight excluding hydrogens is 224 g/mol. The largest absolute Gasteiger partial charge is 0.396 e. The van der Waals surface area contributed by atoms with Crippen LogP contribution in [0.1, 0.15) is 12.0 Å². The zero-order valence-electron chi connectivity index (χ0n) is 9.37. The molecule has 1 aliphatic carbocycles. The molecule has 0 radical (unpaired) electrons. The monoisotopic (exact) mass is 239 g/mol. The average molecular weight is 239 g/mol. The first kappa shape index (κ1) is 12.2. The van der Waals surface area contributed by atoms with Crippen LogP contribution >= 0.6 is 0 Å². The van der Waals surface area contributed by atoms with Gasteiger partial charge in [-0.3, -0.25) is 0 Å². The molecule has 92 valence electrons. The zero-order valence-corrected chi connectivity index (χ0v) is 9.37. The maximum atomic E-state index is 12.9. The molecule has 0 amide bonds. The molecule has 2 nitrogen and oxygen atoms in total. The highest BCUT2D eigenvalue weighted by atomic mass is 19.2. The normalized spacial score (nSPS) is 23.2. The van der Waals surface area contributed by atoms with E-state index < -0.39 is 11.6 Å². The minimum atomic E-state index is -0.824. The number of benzene rings is 1. The molecule has 1 aromatic carbocycles. The minimum absolute atomic E-state index is 0.153. The Labute approximate surface area is 99.0 Å². The molecule has 0 aromatic heterocycles. The van der Waals surface area contributed by atoms with Crippen LogP contribution in [0.15, 0.2) is 30.4 Å². The number of hydrogen-bond acceptors (Lipinski definition) is 2. The molecule has 0 heterocycles. The number of nitrogens with one attached hydrogen (secondary N) is 1. The van der Waals surface area contributed by atoms with Crippen LogP contribution < -0.4 is 5.32 Å². The van der Waals surface area contributed by atoms with Crippen molar-refractivity contribution in [3.05, 3.63) is 47.5 Å². The molecule has 0 spiro atoms. The average Bonchev–Trinajstić information content (AvgIpc) is 2.79. The lowest BCUT2D eigenvalue weighted by Gasteiger charge is -2.12. The molecule has 17 heavy (non-hydrogen) atoms. The van der Waals surface area contributed by atoms with Gasteiger partial charge in [0.1, 0.15) is 0 Å². The highest BCUT2D eigenvalue weighted by Gasteiger charge is 2.17. The first-order valence-corrected chi connectivity index (χ1v) is 5.65. The van der Waals surface area contributed by atoms with Crippen LogP contribution in [0, 0.1) is 17.6 Å². The first-order valence-electron chi connectivity index (χ1n) is 5.65. The van der Waals surface area contributed by atoms with Crippen LogP contribution in [0.4, 0.5) is 8.78 Å². The summed E-state index contributed by atoms with van der Waals surface area (Å²) in [4.78, 5) is 0. The van der Waals surface area contributed by atoms with E-state index in [-0.39, 0.29) is 18.6 Å². The Balaban J connectivity index is 1.86. The second-order valence-corrected chi connectivity index (χ2v) is 4.30. The van der Waals surface area contributed by atoms with E-state index in [1.54, 1.807) is 6.07 Å². The lowest BCUT2D eigenvalue weighted by Crippen LogP contribution is -2.26. The molecule has 4 heteroatoms. The number of hydrogen-bond donors (Lipinski definition) is 2. The van der Waals surface area contributed by atoms with E-state index in [2.05, 4.69) is 5.32 Å². The fourth-order valence-electron chi connectivity index (χ4n) is 1.96. The molecule has 1 aromatic rings. The van der Waals surface area contributed by atoms with E-state index >= 15 is 0 Å². The molecule has 1 aliphatic rings. The molecule has 0 saturated carbocycles. The van der Waals surface area contributed by atoms with Gasteiger partial charge in [0.05, 0.1) is 0 Å². The number of rotatable bonds is 4. The molecule has 0 fully saturated rings. The molecule has 0 unspecified atom stereocenters. The van der Waals surface area contributed by atoms with Crippen molar-refractivity contribution in [2.45, 2.75) is 19.0 Å². The maximum absolute atomic E-state index is 12.9. The summed E-state index contributed by atoms with van der Waals surface area (Å²) >= 11 is 0. The van der Waals surface area contributed by atoms with E-state index in [4.69, 9.17) is 5.11 Å². The van der Waals surface area contributed by atoms with Gasteiger partial charge in [0.15, 0.2) is 11.6 Å². The topological polar surface area (TPSA) is 32.3 Å². The third kappa shape index (κ3) is 3.11. The van der Waals surface area contributed by atoms with Crippen molar-refractivity contribution in [1.29, 1.82) is 0 Å². The lowest BCUT2D eigenvalue weighted by atomic mass is 10.1. The molecule has 2 atom stereocenters. The summed E-state index contributed by atoms with van der Waals surface area (Å²) in [6.07, 6.45) is 4.82. The predicted molar refractivity (Wildman–Crippen MR) is 61.3 cm³/mol. The van der Waals surface area contributed by atoms with Crippen LogP contribution in [-0.4, -0.2) is 17.8 Å². The third-order valence-electron chi connectivity index (χ3n) is 2.96. The fourth-order valence-corrected chi connectivity index (χ4v) is 1.96. The van der Waals surface area contributed by atoms with Crippen LogP contribution in [0.25, 0.3) is 0 Å². The summed E-state index contributed by atoms with van der Waals surface area (Å²) in [6, 6.07) is 4.09. The van der Waals surface area contributed by atoms with Gasteiger partial charge in [-0.2, -0.15) is 0 Å². The van der Waals surface area contributed by atoms with Gasteiger partial charge in [0.2, 0.25) is 0 Å². The van der Waals surface area contributed by atoms with Crippen molar-refractivity contribution in [1.82, 2.24) is 5.32 Å². The minimum Gasteiger partial charge on any atom is -0.396 e. The van der Waals surface area contributed by atoms with Gasteiger partial charge in [-0.15, -0.1) is 0 Å². The van der Waals surface area contributed by atoms with Gasteiger partial charge in [0, 0.05) is 25.1 Å². The Morgan fingerprint density at radius 3 is 2.71 bits per heavy atom. The molecule has 0 saturated heterocycles. The van der Waals surface area contributed by atoms with Gasteiger partial charge in [0.25, 0.3) is 0 Å². The smallest absolute Gasteiger partial charge is 0.159 e. The molecule has 0 bridgehead atoms. The van der Waals surface area contributed by atoms with E-state index in [9.17, 15) is 8.78 Å². The van der Waals surface area contributed by atoms with Gasteiger partial charge in [-0.05, 0) is 24.1 Å². The predicted octanol–water partition coefficient (Wildman–Crippen LogP) is 1.99. The Hall–Kier alpha value is -1.26.